The molecular weight excluding hydrogens is 270 g/mol. The topological polar surface area (TPSA) is 29.1 Å². The van der Waals surface area contributed by atoms with Gasteiger partial charge in [0, 0.05) is 5.88 Å². The standard InChI is InChI=1S/C17H22ClNO/c18-12-17(10-3-4-11-17)19-16(20)15-9-5-7-13-6-1-2-8-14(13)15/h1-2,6,8,15H,3-5,7,9-12H2,(H,19,20). The fourth-order valence-corrected chi connectivity index (χ4v) is 4.05. The molecule has 0 aromatic heterocycles. The van der Waals surface area contributed by atoms with Crippen molar-refractivity contribution in [1.29, 1.82) is 0 Å². The molecule has 0 bridgehead atoms. The Labute approximate surface area is 125 Å². The van der Waals surface area contributed by atoms with Crippen molar-refractivity contribution in [1.82, 2.24) is 5.32 Å². The number of benzene rings is 1. The van der Waals surface area contributed by atoms with Gasteiger partial charge in [0.05, 0.1) is 11.5 Å². The first-order chi connectivity index (χ1) is 9.74. The first-order valence-electron chi connectivity index (χ1n) is 7.70. The van der Waals surface area contributed by atoms with Crippen molar-refractivity contribution < 1.29 is 4.79 Å². The van der Waals surface area contributed by atoms with Crippen LogP contribution >= 0.6 is 11.6 Å². The van der Waals surface area contributed by atoms with Gasteiger partial charge in [0.2, 0.25) is 5.91 Å². The lowest BCUT2D eigenvalue weighted by atomic mass is 9.82. The van der Waals surface area contributed by atoms with E-state index in [2.05, 4.69) is 23.5 Å². The Kier molecular flexibility index (Phi) is 4.02. The van der Waals surface area contributed by atoms with Crippen LogP contribution < -0.4 is 5.32 Å². The largest absolute Gasteiger partial charge is 0.349 e. The van der Waals surface area contributed by atoms with Gasteiger partial charge in [-0.3, -0.25) is 4.79 Å². The van der Waals surface area contributed by atoms with E-state index < -0.39 is 0 Å². The van der Waals surface area contributed by atoms with Gasteiger partial charge in [-0.15, -0.1) is 11.6 Å². The second-order valence-corrected chi connectivity index (χ2v) is 6.52. The van der Waals surface area contributed by atoms with Crippen molar-refractivity contribution >= 4 is 17.5 Å². The summed E-state index contributed by atoms with van der Waals surface area (Å²) >= 11 is 6.13. The Hall–Kier alpha value is -1.02. The van der Waals surface area contributed by atoms with Gasteiger partial charge in [0.15, 0.2) is 0 Å². The van der Waals surface area contributed by atoms with Crippen molar-refractivity contribution in [3.63, 3.8) is 0 Å². The number of alkyl halides is 1. The molecule has 3 heteroatoms. The van der Waals surface area contributed by atoms with E-state index >= 15 is 0 Å². The average Bonchev–Trinajstić information content (AvgIpc) is 2.95. The number of nitrogens with one attached hydrogen (secondary N) is 1. The van der Waals surface area contributed by atoms with Crippen LogP contribution in [0.5, 0.6) is 0 Å². The molecule has 20 heavy (non-hydrogen) atoms. The fourth-order valence-electron chi connectivity index (χ4n) is 3.72. The molecule has 2 aliphatic carbocycles. The number of aryl methyl sites for hydroxylation is 1. The van der Waals surface area contributed by atoms with Crippen molar-refractivity contribution in [2.75, 3.05) is 5.88 Å². The van der Waals surface area contributed by atoms with Gasteiger partial charge in [0.25, 0.3) is 0 Å². The fraction of sp³-hybridized carbons (Fsp3) is 0.588. The summed E-state index contributed by atoms with van der Waals surface area (Å²) in [5, 5.41) is 3.28. The molecule has 0 saturated heterocycles. The lowest BCUT2D eigenvalue weighted by Gasteiger charge is -2.32. The normalized spacial score (nSPS) is 24.1. The number of halogens is 1. The molecule has 0 spiro atoms. The third kappa shape index (κ3) is 2.58. The lowest BCUT2D eigenvalue weighted by Crippen LogP contribution is -2.49. The molecule has 2 aliphatic rings. The van der Waals surface area contributed by atoms with Crippen LogP contribution in [0.4, 0.5) is 0 Å². The van der Waals surface area contributed by atoms with Crippen LogP contribution in [0.15, 0.2) is 24.3 Å². The molecule has 1 fully saturated rings. The Morgan fingerprint density at radius 2 is 2.00 bits per heavy atom. The van der Waals surface area contributed by atoms with Crippen LogP contribution in [0.3, 0.4) is 0 Å². The zero-order valence-corrected chi connectivity index (χ0v) is 12.6. The van der Waals surface area contributed by atoms with Crippen LogP contribution in [0.2, 0.25) is 0 Å². The minimum atomic E-state index is -0.148. The van der Waals surface area contributed by atoms with Gasteiger partial charge in [-0.2, -0.15) is 0 Å². The van der Waals surface area contributed by atoms with Crippen molar-refractivity contribution in [3.05, 3.63) is 35.4 Å². The highest BCUT2D eigenvalue weighted by Crippen LogP contribution is 2.35. The smallest absolute Gasteiger partial charge is 0.228 e. The molecule has 1 amide bonds. The van der Waals surface area contributed by atoms with E-state index in [4.69, 9.17) is 11.6 Å². The molecule has 1 N–H and O–H groups in total. The number of rotatable bonds is 3. The van der Waals surface area contributed by atoms with Gasteiger partial charge in [-0.05, 0) is 43.2 Å². The second kappa shape index (κ2) is 5.77. The van der Waals surface area contributed by atoms with Gasteiger partial charge in [-0.1, -0.05) is 37.1 Å². The van der Waals surface area contributed by atoms with Gasteiger partial charge >= 0.3 is 0 Å². The molecule has 1 saturated carbocycles. The number of amides is 1. The zero-order valence-electron chi connectivity index (χ0n) is 11.8. The number of carbonyl (C=O) groups excluding carboxylic acids is 1. The van der Waals surface area contributed by atoms with E-state index in [1.165, 1.54) is 24.0 Å². The summed E-state index contributed by atoms with van der Waals surface area (Å²) in [6, 6.07) is 8.37. The number of hydrogen-bond donors (Lipinski definition) is 1. The van der Waals surface area contributed by atoms with Gasteiger partial charge in [-0.25, -0.2) is 0 Å². The minimum Gasteiger partial charge on any atom is -0.349 e. The molecule has 0 heterocycles. The Bertz CT molecular complexity index is 494. The predicted octanol–water partition coefficient (Wildman–Crippen LogP) is 3.77. The Morgan fingerprint density at radius 3 is 2.75 bits per heavy atom. The summed E-state index contributed by atoms with van der Waals surface area (Å²) in [5.74, 6) is 0.730. The lowest BCUT2D eigenvalue weighted by molar-refractivity contribution is -0.124. The second-order valence-electron chi connectivity index (χ2n) is 6.25. The zero-order chi connectivity index (χ0) is 14.0. The van der Waals surface area contributed by atoms with Crippen LogP contribution in [-0.4, -0.2) is 17.3 Å². The summed E-state index contributed by atoms with van der Waals surface area (Å²) in [6.45, 7) is 0. The highest BCUT2D eigenvalue weighted by atomic mass is 35.5. The summed E-state index contributed by atoms with van der Waals surface area (Å²) in [7, 11) is 0. The summed E-state index contributed by atoms with van der Waals surface area (Å²) in [6.07, 6.45) is 7.56. The van der Waals surface area contributed by atoms with E-state index in [9.17, 15) is 4.79 Å². The Morgan fingerprint density at radius 1 is 1.25 bits per heavy atom. The SMILES string of the molecule is O=C(NC1(CCl)CCCC1)C1CCCc2ccccc21. The molecular formula is C17H22ClNO. The minimum absolute atomic E-state index is 0.0145. The van der Waals surface area contributed by atoms with Crippen molar-refractivity contribution in [2.45, 2.75) is 56.4 Å². The van der Waals surface area contributed by atoms with E-state index in [1.807, 2.05) is 6.07 Å². The molecule has 1 atom stereocenters. The molecule has 1 unspecified atom stereocenters. The number of carbonyl (C=O) groups is 1. The maximum Gasteiger partial charge on any atom is 0.228 e. The maximum atomic E-state index is 12.7. The van der Waals surface area contributed by atoms with E-state index in [0.717, 1.165) is 32.1 Å². The maximum absolute atomic E-state index is 12.7. The average molecular weight is 292 g/mol. The molecule has 0 radical (unpaired) electrons. The third-order valence-electron chi connectivity index (χ3n) is 4.89. The highest BCUT2D eigenvalue weighted by Gasteiger charge is 2.37. The molecule has 2 nitrogen and oxygen atoms in total. The van der Waals surface area contributed by atoms with Crippen LogP contribution in [0, 0.1) is 0 Å². The van der Waals surface area contributed by atoms with Gasteiger partial charge in [0.1, 0.15) is 0 Å². The van der Waals surface area contributed by atoms with Crippen molar-refractivity contribution in [3.8, 4) is 0 Å². The van der Waals surface area contributed by atoms with Crippen LogP contribution in [0.25, 0.3) is 0 Å². The number of fused-ring (bicyclic) bond motifs is 1. The first-order valence-corrected chi connectivity index (χ1v) is 8.23. The van der Waals surface area contributed by atoms with E-state index in [1.54, 1.807) is 0 Å². The quantitative estimate of drug-likeness (QED) is 0.844. The third-order valence-corrected chi connectivity index (χ3v) is 5.40. The summed E-state index contributed by atoms with van der Waals surface area (Å²) in [4.78, 5) is 12.7. The van der Waals surface area contributed by atoms with Gasteiger partial charge < -0.3 is 5.32 Å². The van der Waals surface area contributed by atoms with Crippen LogP contribution in [0.1, 0.15) is 55.6 Å². The molecule has 1 aromatic carbocycles. The van der Waals surface area contributed by atoms with Crippen molar-refractivity contribution in [2.24, 2.45) is 0 Å². The predicted molar refractivity (Wildman–Crippen MR) is 82.2 cm³/mol. The first kappa shape index (κ1) is 13.9. The van der Waals surface area contributed by atoms with E-state index in [-0.39, 0.29) is 17.4 Å². The molecule has 108 valence electrons. The highest BCUT2D eigenvalue weighted by molar-refractivity contribution is 6.18. The molecule has 0 aliphatic heterocycles. The van der Waals surface area contributed by atoms with Crippen LogP contribution in [-0.2, 0) is 11.2 Å². The summed E-state index contributed by atoms with van der Waals surface area (Å²) < 4.78 is 0. The van der Waals surface area contributed by atoms with E-state index in [0.29, 0.717) is 5.88 Å². The Balaban J connectivity index is 1.78. The summed E-state index contributed by atoms with van der Waals surface area (Å²) in [5.41, 5.74) is 2.41. The number of hydrogen-bond acceptors (Lipinski definition) is 1. The molecule has 1 aromatic rings. The monoisotopic (exact) mass is 291 g/mol. The molecule has 3 rings (SSSR count).